The molecule has 3 rings (SSSR count). The van der Waals surface area contributed by atoms with Crippen molar-refractivity contribution in [2.24, 2.45) is 0 Å². The fourth-order valence-corrected chi connectivity index (χ4v) is 2.58. The van der Waals surface area contributed by atoms with Crippen LogP contribution in [0.25, 0.3) is 5.69 Å². The molecule has 0 bridgehead atoms. The molecule has 0 unspecified atom stereocenters. The van der Waals surface area contributed by atoms with Gasteiger partial charge in [-0.3, -0.25) is 9.59 Å². The van der Waals surface area contributed by atoms with Gasteiger partial charge in [-0.05, 0) is 37.3 Å². The maximum absolute atomic E-state index is 13.0. The molecule has 1 aliphatic heterocycles. The van der Waals surface area contributed by atoms with Crippen LogP contribution in [0.3, 0.4) is 0 Å². The Labute approximate surface area is 144 Å². The van der Waals surface area contributed by atoms with Gasteiger partial charge in [-0.25, -0.2) is 4.39 Å². The molecule has 1 aromatic carbocycles. The number of benzene rings is 1. The van der Waals surface area contributed by atoms with E-state index in [4.69, 9.17) is 0 Å². The third-order valence-corrected chi connectivity index (χ3v) is 3.85. The molecule has 0 aliphatic carbocycles. The molecule has 24 heavy (non-hydrogen) atoms. The Morgan fingerprint density at radius 1 is 1.25 bits per heavy atom. The van der Waals surface area contributed by atoms with Gasteiger partial charge in [0.2, 0.25) is 0 Å². The van der Waals surface area contributed by atoms with Crippen molar-refractivity contribution < 1.29 is 9.18 Å². The number of piperazine rings is 1. The number of hydrogen-bond acceptors (Lipinski definition) is 4. The van der Waals surface area contributed by atoms with Gasteiger partial charge in [-0.15, -0.1) is 12.4 Å². The van der Waals surface area contributed by atoms with E-state index in [0.29, 0.717) is 12.2 Å². The van der Waals surface area contributed by atoms with E-state index >= 15 is 0 Å². The number of rotatable bonds is 2. The van der Waals surface area contributed by atoms with Crippen LogP contribution in [0.4, 0.5) is 4.39 Å². The molecular formula is C16H18ClFN4O2. The third kappa shape index (κ3) is 3.63. The van der Waals surface area contributed by atoms with Gasteiger partial charge in [-0.1, -0.05) is 0 Å². The molecule has 1 fully saturated rings. The summed E-state index contributed by atoms with van der Waals surface area (Å²) in [5, 5.41) is 7.37. The minimum atomic E-state index is -0.399. The third-order valence-electron chi connectivity index (χ3n) is 3.85. The highest BCUT2D eigenvalue weighted by Crippen LogP contribution is 2.10. The summed E-state index contributed by atoms with van der Waals surface area (Å²) in [5.74, 6) is -0.612. The molecule has 1 amide bonds. The molecule has 0 saturated carbocycles. The first kappa shape index (κ1) is 18.1. The monoisotopic (exact) mass is 352 g/mol. The Morgan fingerprint density at radius 3 is 2.62 bits per heavy atom. The summed E-state index contributed by atoms with van der Waals surface area (Å²) in [4.78, 5) is 26.3. The number of aromatic nitrogens is 2. The van der Waals surface area contributed by atoms with E-state index in [0.717, 1.165) is 17.8 Å². The van der Waals surface area contributed by atoms with Gasteiger partial charge in [0.1, 0.15) is 11.5 Å². The standard InChI is InChI=1S/C16H17FN4O2.ClH/c1-11-10-18-8-9-20(11)16(23)14-6-7-15(22)21(19-14)13-4-2-12(17)3-5-13;/h2-7,11,18H,8-10H2,1H3;1H/t11-;/m1./s1. The average Bonchev–Trinajstić information content (AvgIpc) is 2.56. The fraction of sp³-hybridized carbons (Fsp3) is 0.312. The molecule has 0 radical (unpaired) electrons. The predicted octanol–water partition coefficient (Wildman–Crippen LogP) is 1.23. The van der Waals surface area contributed by atoms with E-state index in [9.17, 15) is 14.0 Å². The Morgan fingerprint density at radius 2 is 1.96 bits per heavy atom. The molecule has 1 saturated heterocycles. The maximum atomic E-state index is 13.0. The van der Waals surface area contributed by atoms with Crippen LogP contribution in [-0.2, 0) is 0 Å². The van der Waals surface area contributed by atoms with E-state index in [2.05, 4.69) is 10.4 Å². The fourth-order valence-electron chi connectivity index (χ4n) is 2.58. The quantitative estimate of drug-likeness (QED) is 0.882. The van der Waals surface area contributed by atoms with Crippen molar-refractivity contribution in [1.29, 1.82) is 0 Å². The molecule has 128 valence electrons. The summed E-state index contributed by atoms with van der Waals surface area (Å²) >= 11 is 0. The summed E-state index contributed by atoms with van der Waals surface area (Å²) in [6.45, 7) is 4.01. The van der Waals surface area contributed by atoms with Crippen LogP contribution in [0.5, 0.6) is 0 Å². The Hall–Kier alpha value is -2.25. The Bertz CT molecular complexity index is 778. The maximum Gasteiger partial charge on any atom is 0.274 e. The van der Waals surface area contributed by atoms with Crippen molar-refractivity contribution in [3.8, 4) is 5.69 Å². The number of carbonyl (C=O) groups is 1. The zero-order valence-corrected chi connectivity index (χ0v) is 13.9. The average molecular weight is 353 g/mol. The highest BCUT2D eigenvalue weighted by molar-refractivity contribution is 5.92. The van der Waals surface area contributed by atoms with Crippen LogP contribution < -0.4 is 10.9 Å². The molecule has 1 aliphatic rings. The lowest BCUT2D eigenvalue weighted by atomic mass is 10.2. The minimum Gasteiger partial charge on any atom is -0.332 e. The van der Waals surface area contributed by atoms with Crippen molar-refractivity contribution in [2.45, 2.75) is 13.0 Å². The summed E-state index contributed by atoms with van der Waals surface area (Å²) in [6, 6.07) is 8.18. The van der Waals surface area contributed by atoms with E-state index in [1.807, 2.05) is 6.92 Å². The van der Waals surface area contributed by atoms with Gasteiger partial charge < -0.3 is 10.2 Å². The first-order chi connectivity index (χ1) is 11.1. The van der Waals surface area contributed by atoms with E-state index in [1.165, 1.54) is 36.4 Å². The van der Waals surface area contributed by atoms with Crippen molar-refractivity contribution in [1.82, 2.24) is 20.0 Å². The number of nitrogens with zero attached hydrogens (tertiary/aromatic N) is 3. The first-order valence-electron chi connectivity index (χ1n) is 7.44. The first-order valence-corrected chi connectivity index (χ1v) is 7.44. The Kier molecular flexibility index (Phi) is 5.69. The number of hydrogen-bond donors (Lipinski definition) is 1. The summed E-state index contributed by atoms with van der Waals surface area (Å²) in [6.07, 6.45) is 0. The number of amides is 1. The zero-order valence-electron chi connectivity index (χ0n) is 13.1. The van der Waals surface area contributed by atoms with Crippen molar-refractivity contribution in [3.05, 3.63) is 58.3 Å². The lowest BCUT2D eigenvalue weighted by molar-refractivity contribution is 0.0647. The van der Waals surface area contributed by atoms with E-state index in [-0.39, 0.29) is 35.6 Å². The highest BCUT2D eigenvalue weighted by atomic mass is 35.5. The highest BCUT2D eigenvalue weighted by Gasteiger charge is 2.25. The molecule has 2 aromatic rings. The lowest BCUT2D eigenvalue weighted by Crippen LogP contribution is -2.52. The van der Waals surface area contributed by atoms with Crippen LogP contribution in [0.1, 0.15) is 17.4 Å². The van der Waals surface area contributed by atoms with E-state index in [1.54, 1.807) is 4.90 Å². The minimum absolute atomic E-state index is 0. The van der Waals surface area contributed by atoms with Crippen LogP contribution in [0, 0.1) is 5.82 Å². The zero-order chi connectivity index (χ0) is 16.4. The smallest absolute Gasteiger partial charge is 0.274 e. The molecule has 8 heteroatoms. The van der Waals surface area contributed by atoms with Crippen LogP contribution in [0.2, 0.25) is 0 Å². The lowest BCUT2D eigenvalue weighted by Gasteiger charge is -2.33. The predicted molar refractivity (Wildman–Crippen MR) is 90.4 cm³/mol. The summed E-state index contributed by atoms with van der Waals surface area (Å²) < 4.78 is 14.1. The van der Waals surface area contributed by atoms with Crippen LogP contribution >= 0.6 is 12.4 Å². The van der Waals surface area contributed by atoms with E-state index < -0.39 is 5.82 Å². The molecule has 0 spiro atoms. The molecule has 1 aromatic heterocycles. The molecular weight excluding hydrogens is 335 g/mol. The van der Waals surface area contributed by atoms with Crippen LogP contribution in [0.15, 0.2) is 41.2 Å². The van der Waals surface area contributed by atoms with Crippen molar-refractivity contribution in [3.63, 3.8) is 0 Å². The topological polar surface area (TPSA) is 67.2 Å². The Balaban J connectivity index is 0.00000208. The molecule has 2 heterocycles. The van der Waals surface area contributed by atoms with Crippen LogP contribution in [-0.4, -0.2) is 46.3 Å². The normalized spacial score (nSPS) is 17.2. The van der Waals surface area contributed by atoms with Gasteiger partial charge in [-0.2, -0.15) is 9.78 Å². The van der Waals surface area contributed by atoms with Crippen molar-refractivity contribution >= 4 is 18.3 Å². The second kappa shape index (κ2) is 7.55. The summed E-state index contributed by atoms with van der Waals surface area (Å²) in [7, 11) is 0. The van der Waals surface area contributed by atoms with Gasteiger partial charge >= 0.3 is 0 Å². The van der Waals surface area contributed by atoms with Crippen molar-refractivity contribution in [2.75, 3.05) is 19.6 Å². The number of halogens is 2. The second-order valence-corrected chi connectivity index (χ2v) is 5.50. The molecule has 1 atom stereocenters. The van der Waals surface area contributed by atoms with Gasteiger partial charge in [0.05, 0.1) is 5.69 Å². The van der Waals surface area contributed by atoms with Gasteiger partial charge in [0, 0.05) is 31.7 Å². The van der Waals surface area contributed by atoms with Gasteiger partial charge in [0.25, 0.3) is 11.5 Å². The number of carbonyl (C=O) groups excluding carboxylic acids is 1. The number of nitrogens with one attached hydrogen (secondary N) is 1. The largest absolute Gasteiger partial charge is 0.332 e. The summed E-state index contributed by atoms with van der Waals surface area (Å²) in [5.41, 5.74) is 0.239. The molecule has 6 nitrogen and oxygen atoms in total. The molecule has 1 N–H and O–H groups in total. The SMILES string of the molecule is C[C@@H]1CNCCN1C(=O)c1ccc(=O)n(-c2ccc(F)cc2)n1.Cl. The van der Waals surface area contributed by atoms with Gasteiger partial charge in [0.15, 0.2) is 0 Å². The second-order valence-electron chi connectivity index (χ2n) is 5.50.